The van der Waals surface area contributed by atoms with Crippen LogP contribution in [0.25, 0.3) is 10.9 Å². The van der Waals surface area contributed by atoms with Crippen LogP contribution < -0.4 is 16.0 Å². The van der Waals surface area contributed by atoms with Gasteiger partial charge >= 0.3 is 0 Å². The van der Waals surface area contributed by atoms with Gasteiger partial charge in [0, 0.05) is 56.3 Å². The molecule has 5 amide bonds. The highest BCUT2D eigenvalue weighted by Gasteiger charge is 2.33. The Kier molecular flexibility index (Phi) is 10.1. The minimum absolute atomic E-state index is 0.0129. The summed E-state index contributed by atoms with van der Waals surface area (Å²) in [6.45, 7) is 1.18. The molecule has 0 radical (unpaired) electrons. The van der Waals surface area contributed by atoms with Crippen molar-refractivity contribution in [2.75, 3.05) is 26.7 Å². The van der Waals surface area contributed by atoms with Crippen molar-refractivity contribution in [2.45, 2.75) is 37.9 Å². The predicted octanol–water partition coefficient (Wildman–Crippen LogP) is 1.44. The molecule has 12 heteroatoms. The van der Waals surface area contributed by atoms with Crippen molar-refractivity contribution in [1.29, 1.82) is 0 Å². The van der Waals surface area contributed by atoms with Crippen molar-refractivity contribution in [3.63, 3.8) is 0 Å². The third-order valence-corrected chi connectivity index (χ3v) is 8.14. The summed E-state index contributed by atoms with van der Waals surface area (Å²) in [4.78, 5) is 77.7. The third-order valence-electron chi connectivity index (χ3n) is 8.14. The quantitative estimate of drug-likeness (QED) is 0.264. The fourth-order valence-electron chi connectivity index (χ4n) is 5.44. The number of nitrogens with one attached hydrogen (secondary N) is 4. The van der Waals surface area contributed by atoms with Crippen LogP contribution in [0.1, 0.15) is 28.5 Å². The van der Waals surface area contributed by atoms with E-state index < -0.39 is 47.7 Å². The van der Waals surface area contributed by atoms with Gasteiger partial charge in [-0.2, -0.15) is 0 Å². The van der Waals surface area contributed by atoms with E-state index in [-0.39, 0.29) is 38.2 Å². The minimum Gasteiger partial charge on any atom is -0.361 e. The molecule has 1 aliphatic heterocycles. The molecule has 4 aromatic rings. The van der Waals surface area contributed by atoms with Crippen molar-refractivity contribution in [1.82, 2.24) is 35.7 Å². The number of hydrogen-bond acceptors (Lipinski definition) is 6. The van der Waals surface area contributed by atoms with Crippen LogP contribution in [0, 0.1) is 0 Å². The Morgan fingerprint density at radius 2 is 1.61 bits per heavy atom. The topological polar surface area (TPSA) is 157 Å². The van der Waals surface area contributed by atoms with E-state index in [9.17, 15) is 24.0 Å². The second-order valence-electron chi connectivity index (χ2n) is 11.3. The van der Waals surface area contributed by atoms with E-state index in [4.69, 9.17) is 0 Å². The van der Waals surface area contributed by atoms with Crippen LogP contribution in [0.3, 0.4) is 0 Å². The number of fused-ring (bicyclic) bond motifs is 1. The molecule has 5 rings (SSSR count). The minimum atomic E-state index is -1.05. The standard InChI is InChI=1S/C34H37N7O5/c1-22-31(43)39-28(18-23-10-4-3-5-11-23)32(44)36-16-17-41(34(46)27-14-8-9-15-35-27)21-30(42)38-29(33(45)40(22)2)19-24-20-37-26-13-7-6-12-25(24)26/h3-15,20,22,28-29,37H,16-19,21H2,1-2H3,(H,36,44)(H,38,42)(H,39,43)/t22-,28-,29-/m0/s1. The summed E-state index contributed by atoms with van der Waals surface area (Å²) in [5, 5.41) is 9.32. The molecule has 4 N–H and O–H groups in total. The average Bonchev–Trinajstić information content (AvgIpc) is 3.48. The smallest absolute Gasteiger partial charge is 0.272 e. The van der Waals surface area contributed by atoms with Crippen LogP contribution in [-0.2, 0) is 32.0 Å². The summed E-state index contributed by atoms with van der Waals surface area (Å²) in [6.07, 6.45) is 3.62. The highest BCUT2D eigenvalue weighted by atomic mass is 16.2. The van der Waals surface area contributed by atoms with Gasteiger partial charge in [0.1, 0.15) is 23.8 Å². The lowest BCUT2D eigenvalue weighted by atomic mass is 10.0. The first-order chi connectivity index (χ1) is 22.2. The zero-order valence-electron chi connectivity index (χ0n) is 25.7. The van der Waals surface area contributed by atoms with E-state index in [2.05, 4.69) is 25.9 Å². The molecule has 1 aliphatic rings. The molecule has 2 aromatic carbocycles. The van der Waals surface area contributed by atoms with Gasteiger partial charge in [0.15, 0.2) is 0 Å². The zero-order chi connectivity index (χ0) is 32.6. The van der Waals surface area contributed by atoms with Crippen LogP contribution in [0.5, 0.6) is 0 Å². The van der Waals surface area contributed by atoms with Crippen LogP contribution >= 0.6 is 0 Å². The van der Waals surface area contributed by atoms with E-state index in [0.717, 1.165) is 22.0 Å². The van der Waals surface area contributed by atoms with Gasteiger partial charge in [0.05, 0.1) is 6.54 Å². The largest absolute Gasteiger partial charge is 0.361 e. The van der Waals surface area contributed by atoms with E-state index in [1.54, 1.807) is 31.3 Å². The predicted molar refractivity (Wildman–Crippen MR) is 171 cm³/mol. The number of pyridine rings is 1. The fraction of sp³-hybridized carbons (Fsp3) is 0.294. The summed E-state index contributed by atoms with van der Waals surface area (Å²) in [5.41, 5.74) is 2.65. The van der Waals surface area contributed by atoms with Crippen LogP contribution in [0.2, 0.25) is 0 Å². The Hall–Kier alpha value is -5.52. The molecule has 1 saturated heterocycles. The number of aromatic amines is 1. The van der Waals surface area contributed by atoms with Gasteiger partial charge in [-0.15, -0.1) is 0 Å². The SMILES string of the molecule is C[C@H]1C(=O)N[C@@H](Cc2ccccc2)C(=O)NCCN(C(=O)c2ccccn2)CC(=O)N[C@@H](Cc2c[nH]c3ccccc23)C(=O)N1C. The second kappa shape index (κ2) is 14.5. The number of hydrogen-bond donors (Lipinski definition) is 4. The molecule has 3 atom stereocenters. The van der Waals surface area contributed by atoms with Crippen LogP contribution in [0.4, 0.5) is 0 Å². The molecule has 0 aliphatic carbocycles. The Morgan fingerprint density at radius 1 is 0.870 bits per heavy atom. The highest BCUT2D eigenvalue weighted by Crippen LogP contribution is 2.20. The number of amides is 5. The molecule has 0 unspecified atom stereocenters. The first-order valence-electron chi connectivity index (χ1n) is 15.1. The maximum atomic E-state index is 14.0. The van der Waals surface area contributed by atoms with Crippen molar-refractivity contribution >= 4 is 40.4 Å². The van der Waals surface area contributed by atoms with E-state index >= 15 is 0 Å². The molecule has 46 heavy (non-hydrogen) atoms. The maximum Gasteiger partial charge on any atom is 0.272 e. The van der Waals surface area contributed by atoms with Crippen molar-refractivity contribution in [3.8, 4) is 0 Å². The summed E-state index contributed by atoms with van der Waals surface area (Å²) in [6, 6.07) is 18.8. The van der Waals surface area contributed by atoms with Crippen LogP contribution in [0.15, 0.2) is 85.2 Å². The van der Waals surface area contributed by atoms with Gasteiger partial charge in [-0.1, -0.05) is 54.6 Å². The van der Waals surface area contributed by atoms with Gasteiger partial charge in [-0.3, -0.25) is 29.0 Å². The molecule has 1 fully saturated rings. The van der Waals surface area contributed by atoms with Crippen LogP contribution in [-0.4, -0.2) is 94.1 Å². The van der Waals surface area contributed by atoms with Gasteiger partial charge in [0.25, 0.3) is 5.91 Å². The molecule has 2 aromatic heterocycles. The monoisotopic (exact) mass is 623 g/mol. The third kappa shape index (κ3) is 7.57. The van der Waals surface area contributed by atoms with Gasteiger partial charge in [0.2, 0.25) is 23.6 Å². The van der Waals surface area contributed by atoms with Gasteiger partial charge < -0.3 is 30.7 Å². The molecule has 12 nitrogen and oxygen atoms in total. The lowest BCUT2D eigenvalue weighted by molar-refractivity contribution is -0.142. The van der Waals surface area contributed by atoms with Crippen molar-refractivity contribution in [2.24, 2.45) is 0 Å². The summed E-state index contributed by atoms with van der Waals surface area (Å²) >= 11 is 0. The molecular formula is C34H37N7O5. The first-order valence-corrected chi connectivity index (χ1v) is 15.1. The Labute approximate surface area is 266 Å². The van der Waals surface area contributed by atoms with E-state index in [0.29, 0.717) is 0 Å². The number of rotatable bonds is 5. The summed E-state index contributed by atoms with van der Waals surface area (Å²) in [5.74, 6) is -2.56. The fourth-order valence-corrected chi connectivity index (χ4v) is 5.44. The first kappa shape index (κ1) is 31.9. The maximum absolute atomic E-state index is 14.0. The van der Waals surface area contributed by atoms with Crippen molar-refractivity contribution < 1.29 is 24.0 Å². The molecule has 3 heterocycles. The van der Waals surface area contributed by atoms with E-state index in [1.807, 2.05) is 54.6 Å². The summed E-state index contributed by atoms with van der Waals surface area (Å²) < 4.78 is 0. The number of likely N-dealkylation sites (N-methyl/N-ethyl adjacent to an activating group) is 1. The highest BCUT2D eigenvalue weighted by molar-refractivity contribution is 5.97. The number of para-hydroxylation sites is 1. The van der Waals surface area contributed by atoms with E-state index in [1.165, 1.54) is 23.0 Å². The molecular weight excluding hydrogens is 586 g/mol. The average molecular weight is 624 g/mol. The molecule has 238 valence electrons. The Balaban J connectivity index is 1.47. The Morgan fingerprint density at radius 3 is 2.37 bits per heavy atom. The van der Waals surface area contributed by atoms with Gasteiger partial charge in [-0.25, -0.2) is 0 Å². The number of nitrogens with zero attached hydrogens (tertiary/aromatic N) is 3. The number of carbonyl (C=O) groups excluding carboxylic acids is 5. The molecule has 0 saturated carbocycles. The number of benzene rings is 2. The normalized spacial score (nSPS) is 20.3. The molecule has 0 spiro atoms. The lowest BCUT2D eigenvalue weighted by Gasteiger charge is -2.30. The zero-order valence-corrected chi connectivity index (χ0v) is 25.7. The number of aromatic nitrogens is 2. The second-order valence-corrected chi connectivity index (χ2v) is 11.3. The number of carbonyl (C=O) groups is 5. The number of H-pyrrole nitrogens is 1. The van der Waals surface area contributed by atoms with Gasteiger partial charge in [-0.05, 0) is 36.2 Å². The Bertz CT molecular complexity index is 1710. The molecule has 0 bridgehead atoms. The summed E-state index contributed by atoms with van der Waals surface area (Å²) in [7, 11) is 1.49. The van der Waals surface area contributed by atoms with Crippen molar-refractivity contribution in [3.05, 3.63) is 102 Å². The lowest BCUT2D eigenvalue weighted by Crippen LogP contribution is -2.57.